The molecule has 0 unspecified atom stereocenters. The summed E-state index contributed by atoms with van der Waals surface area (Å²) in [4.78, 5) is 11.0. The van der Waals surface area contributed by atoms with E-state index in [0.717, 1.165) is 24.2 Å². The molecule has 4 atom stereocenters. The van der Waals surface area contributed by atoms with Crippen LogP contribution in [0.3, 0.4) is 0 Å². The molecule has 3 saturated carbocycles. The third-order valence-electron chi connectivity index (χ3n) is 5.41. The summed E-state index contributed by atoms with van der Waals surface area (Å²) in [6.45, 7) is 6.31. The molecule has 2 heteroatoms. The summed E-state index contributed by atoms with van der Waals surface area (Å²) in [7, 11) is 0. The molecule has 4 aliphatic carbocycles. The van der Waals surface area contributed by atoms with Crippen molar-refractivity contribution in [3.8, 4) is 0 Å². The van der Waals surface area contributed by atoms with Crippen LogP contribution in [0.1, 0.15) is 46.5 Å². The van der Waals surface area contributed by atoms with Gasteiger partial charge in [0.2, 0.25) is 0 Å². The predicted octanol–water partition coefficient (Wildman–Crippen LogP) is 3.32. The fourth-order valence-electron chi connectivity index (χ4n) is 4.25. The van der Waals surface area contributed by atoms with E-state index in [2.05, 4.69) is 19.9 Å². The van der Waals surface area contributed by atoms with Crippen molar-refractivity contribution in [2.75, 3.05) is 0 Å². The second-order valence-corrected chi connectivity index (χ2v) is 6.63. The Balaban J connectivity index is 1.82. The van der Waals surface area contributed by atoms with E-state index in [9.17, 15) is 4.79 Å². The number of hydrogen-bond donors (Lipinski definition) is 0. The van der Waals surface area contributed by atoms with E-state index in [1.54, 1.807) is 5.57 Å². The van der Waals surface area contributed by atoms with Crippen LogP contribution in [-0.2, 0) is 9.53 Å². The zero-order valence-electron chi connectivity index (χ0n) is 11.0. The molecule has 94 valence electrons. The Morgan fingerprint density at radius 3 is 2.76 bits per heavy atom. The van der Waals surface area contributed by atoms with E-state index in [1.807, 2.05) is 0 Å². The highest BCUT2D eigenvalue weighted by Crippen LogP contribution is 2.64. The molecule has 2 bridgehead atoms. The summed E-state index contributed by atoms with van der Waals surface area (Å²) in [6, 6.07) is 0. The number of carbonyl (C=O) groups excluding carboxylic acids is 1. The Morgan fingerprint density at radius 2 is 2.12 bits per heavy atom. The van der Waals surface area contributed by atoms with Crippen molar-refractivity contribution in [2.24, 2.45) is 23.2 Å². The molecule has 3 fully saturated rings. The first-order valence-electron chi connectivity index (χ1n) is 6.87. The van der Waals surface area contributed by atoms with Gasteiger partial charge in [0.1, 0.15) is 6.10 Å². The van der Waals surface area contributed by atoms with Crippen LogP contribution in [0.25, 0.3) is 0 Å². The van der Waals surface area contributed by atoms with Gasteiger partial charge < -0.3 is 4.74 Å². The van der Waals surface area contributed by atoms with Crippen LogP contribution in [0.2, 0.25) is 0 Å². The summed E-state index contributed by atoms with van der Waals surface area (Å²) in [5.41, 5.74) is 2.09. The highest BCUT2D eigenvalue weighted by molar-refractivity contribution is 5.66. The van der Waals surface area contributed by atoms with Gasteiger partial charge in [-0.2, -0.15) is 0 Å². The molecule has 4 aliphatic rings. The van der Waals surface area contributed by atoms with E-state index < -0.39 is 0 Å². The lowest BCUT2D eigenvalue weighted by Crippen LogP contribution is -2.53. The van der Waals surface area contributed by atoms with Gasteiger partial charge in [-0.3, -0.25) is 4.79 Å². The molecule has 0 heterocycles. The second-order valence-electron chi connectivity index (χ2n) is 6.63. The highest BCUT2D eigenvalue weighted by atomic mass is 16.5. The third kappa shape index (κ3) is 1.64. The molecule has 0 radical (unpaired) electrons. The van der Waals surface area contributed by atoms with E-state index in [-0.39, 0.29) is 12.1 Å². The SMILES string of the molecule is CC(=O)O[C@@H]1C=C2[C@H](CC1)C[C@H]1C[C@@H]2C1(C)C. The fraction of sp³-hybridized carbons (Fsp3) is 0.800. The zero-order valence-corrected chi connectivity index (χ0v) is 11.0. The monoisotopic (exact) mass is 234 g/mol. The van der Waals surface area contributed by atoms with Gasteiger partial charge in [-0.05, 0) is 54.9 Å². The average Bonchev–Trinajstić information content (AvgIpc) is 2.26. The maximum absolute atomic E-state index is 11.0. The van der Waals surface area contributed by atoms with Crippen molar-refractivity contribution >= 4 is 5.97 Å². The van der Waals surface area contributed by atoms with Gasteiger partial charge in [0.05, 0.1) is 0 Å². The van der Waals surface area contributed by atoms with Crippen LogP contribution in [-0.4, -0.2) is 12.1 Å². The molecular formula is C15H22O2. The minimum absolute atomic E-state index is 0.0479. The van der Waals surface area contributed by atoms with Gasteiger partial charge in [-0.15, -0.1) is 0 Å². The van der Waals surface area contributed by atoms with Crippen molar-refractivity contribution in [2.45, 2.75) is 52.6 Å². The van der Waals surface area contributed by atoms with Gasteiger partial charge in [-0.25, -0.2) is 0 Å². The Labute approximate surface area is 103 Å². The van der Waals surface area contributed by atoms with Gasteiger partial charge in [0, 0.05) is 6.92 Å². The summed E-state index contributed by atoms with van der Waals surface area (Å²) < 4.78 is 5.36. The Bertz CT molecular complexity index is 380. The van der Waals surface area contributed by atoms with Gasteiger partial charge in [0.15, 0.2) is 0 Å². The maximum atomic E-state index is 11.0. The van der Waals surface area contributed by atoms with Crippen LogP contribution in [0.5, 0.6) is 0 Å². The molecule has 0 aromatic carbocycles. The van der Waals surface area contributed by atoms with Crippen LogP contribution in [0.15, 0.2) is 11.6 Å². The van der Waals surface area contributed by atoms with Crippen molar-refractivity contribution in [1.29, 1.82) is 0 Å². The Morgan fingerprint density at radius 1 is 1.35 bits per heavy atom. The fourth-order valence-corrected chi connectivity index (χ4v) is 4.25. The molecule has 4 rings (SSSR count). The minimum Gasteiger partial charge on any atom is -0.458 e. The number of esters is 1. The normalized spacial score (nSPS) is 41.9. The number of rotatable bonds is 1. The number of allylic oxidation sites excluding steroid dienone is 1. The quantitative estimate of drug-likeness (QED) is 0.514. The van der Waals surface area contributed by atoms with Crippen LogP contribution in [0, 0.1) is 23.2 Å². The standard InChI is InChI=1S/C15H22O2/c1-9(16)17-12-5-4-10-6-11-7-14(13(10)8-12)15(11,2)3/h8,10-12,14H,4-7H2,1-3H3/t10-,11+,12+,14+/m1/s1. The van der Waals surface area contributed by atoms with Crippen molar-refractivity contribution < 1.29 is 9.53 Å². The van der Waals surface area contributed by atoms with E-state index in [4.69, 9.17) is 4.74 Å². The number of carbonyl (C=O) groups is 1. The van der Waals surface area contributed by atoms with Crippen LogP contribution in [0.4, 0.5) is 0 Å². The van der Waals surface area contributed by atoms with Gasteiger partial charge in [0.25, 0.3) is 0 Å². The molecule has 0 aromatic rings. The summed E-state index contributed by atoms with van der Waals surface area (Å²) in [5.74, 6) is 2.33. The molecule has 2 nitrogen and oxygen atoms in total. The molecule has 0 saturated heterocycles. The lowest BCUT2D eigenvalue weighted by Gasteiger charge is -2.61. The second kappa shape index (κ2) is 3.60. The predicted molar refractivity (Wildman–Crippen MR) is 66.4 cm³/mol. The molecule has 0 aromatic heterocycles. The van der Waals surface area contributed by atoms with E-state index >= 15 is 0 Å². The molecule has 17 heavy (non-hydrogen) atoms. The molecule has 0 aliphatic heterocycles. The van der Waals surface area contributed by atoms with Gasteiger partial charge >= 0.3 is 5.97 Å². The first kappa shape index (κ1) is 11.3. The molecule has 0 spiro atoms. The van der Waals surface area contributed by atoms with E-state index in [0.29, 0.717) is 5.41 Å². The molecular weight excluding hydrogens is 212 g/mol. The third-order valence-corrected chi connectivity index (χ3v) is 5.41. The van der Waals surface area contributed by atoms with Crippen LogP contribution < -0.4 is 0 Å². The first-order chi connectivity index (χ1) is 7.98. The maximum Gasteiger partial charge on any atom is 0.303 e. The summed E-state index contributed by atoms with van der Waals surface area (Å²) in [6.07, 6.45) is 7.29. The Hall–Kier alpha value is -0.790. The highest BCUT2D eigenvalue weighted by Gasteiger charge is 2.55. The number of ether oxygens (including phenoxy) is 1. The molecule has 0 amide bonds. The average molecular weight is 234 g/mol. The van der Waals surface area contributed by atoms with Gasteiger partial charge in [-0.1, -0.05) is 19.4 Å². The summed E-state index contributed by atoms with van der Waals surface area (Å²) >= 11 is 0. The zero-order chi connectivity index (χ0) is 12.2. The topological polar surface area (TPSA) is 26.3 Å². The number of hydrogen-bond acceptors (Lipinski definition) is 2. The van der Waals surface area contributed by atoms with Crippen LogP contribution >= 0.6 is 0 Å². The lowest BCUT2D eigenvalue weighted by atomic mass is 9.44. The molecule has 0 N–H and O–H groups in total. The first-order valence-corrected chi connectivity index (χ1v) is 6.87. The Kier molecular flexibility index (Phi) is 2.39. The smallest absolute Gasteiger partial charge is 0.303 e. The minimum atomic E-state index is -0.146. The van der Waals surface area contributed by atoms with Crippen molar-refractivity contribution in [1.82, 2.24) is 0 Å². The summed E-state index contributed by atoms with van der Waals surface area (Å²) in [5, 5.41) is 0. The van der Waals surface area contributed by atoms with Crippen molar-refractivity contribution in [3.05, 3.63) is 11.6 Å². The largest absolute Gasteiger partial charge is 0.458 e. The van der Waals surface area contributed by atoms with Crippen molar-refractivity contribution in [3.63, 3.8) is 0 Å². The lowest BCUT2D eigenvalue weighted by molar-refractivity contribution is -0.145. The van der Waals surface area contributed by atoms with E-state index in [1.165, 1.54) is 26.2 Å².